The number of methoxy groups -OCH3 is 1. The van der Waals surface area contributed by atoms with Crippen LogP contribution in [0, 0.1) is 13.8 Å². The van der Waals surface area contributed by atoms with Crippen LogP contribution in [0.2, 0.25) is 0 Å². The molecule has 1 aromatic heterocycles. The Kier molecular flexibility index (Phi) is 7.29. The first-order valence-corrected chi connectivity index (χ1v) is 10.9. The largest absolute Gasteiger partial charge is 0.383 e. The van der Waals surface area contributed by atoms with Crippen LogP contribution in [0.15, 0.2) is 52.4 Å². The van der Waals surface area contributed by atoms with Gasteiger partial charge in [0.1, 0.15) is 0 Å². The highest BCUT2D eigenvalue weighted by molar-refractivity contribution is 7.99. The maximum Gasteiger partial charge on any atom is 0.262 e. The van der Waals surface area contributed by atoms with Crippen LogP contribution in [0.5, 0.6) is 0 Å². The van der Waals surface area contributed by atoms with Crippen molar-refractivity contribution >= 4 is 28.6 Å². The van der Waals surface area contributed by atoms with Gasteiger partial charge in [-0.2, -0.15) is 0 Å². The minimum absolute atomic E-state index is 0.0994. The molecule has 0 aliphatic carbocycles. The number of thioether (sulfide) groups is 1. The lowest BCUT2D eigenvalue weighted by atomic mass is 10.0. The number of ether oxygens (including phenoxy) is 1. The third kappa shape index (κ3) is 5.09. The van der Waals surface area contributed by atoms with Gasteiger partial charge in [0, 0.05) is 7.11 Å². The Morgan fingerprint density at radius 1 is 1.20 bits per heavy atom. The van der Waals surface area contributed by atoms with Crippen LogP contribution < -0.4 is 10.9 Å². The van der Waals surface area contributed by atoms with Gasteiger partial charge in [-0.1, -0.05) is 42.1 Å². The zero-order valence-corrected chi connectivity index (χ0v) is 18.6. The first kappa shape index (κ1) is 22.1. The number of carbonyl (C=O) groups excluding carboxylic acids is 1. The van der Waals surface area contributed by atoms with Crippen molar-refractivity contribution in [3.63, 3.8) is 0 Å². The number of benzene rings is 2. The Bertz CT molecular complexity index is 1110. The van der Waals surface area contributed by atoms with Crippen molar-refractivity contribution in [3.8, 4) is 0 Å². The molecule has 1 atom stereocenters. The molecule has 158 valence electrons. The number of amides is 1. The summed E-state index contributed by atoms with van der Waals surface area (Å²) in [6.45, 7) is 6.88. The lowest BCUT2D eigenvalue weighted by Crippen LogP contribution is -2.29. The summed E-state index contributed by atoms with van der Waals surface area (Å²) in [7, 11) is 1.59. The van der Waals surface area contributed by atoms with Crippen molar-refractivity contribution in [1.29, 1.82) is 0 Å². The van der Waals surface area contributed by atoms with E-state index in [1.54, 1.807) is 17.7 Å². The fourth-order valence-corrected chi connectivity index (χ4v) is 4.00. The monoisotopic (exact) mass is 425 g/mol. The van der Waals surface area contributed by atoms with Crippen molar-refractivity contribution < 1.29 is 9.53 Å². The topological polar surface area (TPSA) is 73.2 Å². The zero-order chi connectivity index (χ0) is 21.7. The van der Waals surface area contributed by atoms with Crippen molar-refractivity contribution in [3.05, 3.63) is 69.5 Å². The van der Waals surface area contributed by atoms with Crippen molar-refractivity contribution in [2.45, 2.75) is 38.5 Å². The van der Waals surface area contributed by atoms with E-state index in [2.05, 4.69) is 36.3 Å². The van der Waals surface area contributed by atoms with Crippen LogP contribution in [0.1, 0.15) is 29.7 Å². The van der Waals surface area contributed by atoms with Gasteiger partial charge in [-0.25, -0.2) is 4.98 Å². The van der Waals surface area contributed by atoms with Crippen LogP contribution in [-0.4, -0.2) is 34.9 Å². The molecule has 0 spiro atoms. The summed E-state index contributed by atoms with van der Waals surface area (Å²) in [4.78, 5) is 30.0. The summed E-state index contributed by atoms with van der Waals surface area (Å²) in [5.41, 5.74) is 4.00. The van der Waals surface area contributed by atoms with Gasteiger partial charge in [0.25, 0.3) is 5.56 Å². The van der Waals surface area contributed by atoms with Crippen LogP contribution in [0.3, 0.4) is 0 Å². The highest BCUT2D eigenvalue weighted by Crippen LogP contribution is 2.20. The van der Waals surface area contributed by atoms with E-state index in [9.17, 15) is 9.59 Å². The van der Waals surface area contributed by atoms with Gasteiger partial charge in [0.2, 0.25) is 5.91 Å². The Balaban J connectivity index is 1.74. The molecule has 0 fully saturated rings. The summed E-state index contributed by atoms with van der Waals surface area (Å²) in [5.74, 6) is 0.0684. The van der Waals surface area contributed by atoms with Crippen molar-refractivity contribution in [2.75, 3.05) is 19.5 Å². The Labute approximate surface area is 180 Å². The third-order valence-electron chi connectivity index (χ3n) is 5.09. The van der Waals surface area contributed by atoms with Crippen LogP contribution in [0.4, 0.5) is 0 Å². The fourth-order valence-electron chi connectivity index (χ4n) is 3.17. The Hall–Kier alpha value is -2.64. The molecule has 3 rings (SSSR count). The molecule has 0 saturated carbocycles. The van der Waals surface area contributed by atoms with Gasteiger partial charge >= 0.3 is 0 Å². The molecule has 1 N–H and O–H groups in total. The number of hydrogen-bond acceptors (Lipinski definition) is 5. The van der Waals surface area contributed by atoms with E-state index in [1.807, 2.05) is 31.2 Å². The number of fused-ring (bicyclic) bond motifs is 1. The highest BCUT2D eigenvalue weighted by Gasteiger charge is 2.15. The van der Waals surface area contributed by atoms with Crippen LogP contribution in [0.25, 0.3) is 10.9 Å². The molecule has 0 unspecified atom stereocenters. The van der Waals surface area contributed by atoms with Crippen LogP contribution >= 0.6 is 11.8 Å². The number of hydrogen-bond donors (Lipinski definition) is 1. The molecule has 1 heterocycles. The average molecular weight is 426 g/mol. The normalized spacial score (nSPS) is 12.1. The van der Waals surface area contributed by atoms with E-state index in [0.29, 0.717) is 29.2 Å². The summed E-state index contributed by atoms with van der Waals surface area (Å²) < 4.78 is 6.72. The number of aryl methyl sites for hydroxylation is 2. The van der Waals surface area contributed by atoms with Gasteiger partial charge < -0.3 is 10.1 Å². The maximum atomic E-state index is 12.9. The molecule has 0 bridgehead atoms. The number of nitrogens with zero attached hydrogens (tertiary/aromatic N) is 2. The molecule has 2 aromatic carbocycles. The van der Waals surface area contributed by atoms with Gasteiger partial charge in [0.15, 0.2) is 5.16 Å². The molecule has 6 nitrogen and oxygen atoms in total. The van der Waals surface area contributed by atoms with Crippen LogP contribution in [-0.2, 0) is 16.1 Å². The van der Waals surface area contributed by atoms with Gasteiger partial charge in [0.05, 0.1) is 35.8 Å². The van der Waals surface area contributed by atoms with Crippen molar-refractivity contribution in [2.24, 2.45) is 0 Å². The average Bonchev–Trinajstić information content (AvgIpc) is 2.73. The standard InChI is InChI=1S/C23H27N3O3S/c1-15-9-10-18(13-16(15)2)17(3)24-21(27)14-30-23-25-20-8-6-5-7-19(20)22(28)26(23)11-12-29-4/h5-10,13,17H,11-12,14H2,1-4H3,(H,24,27)/t17-/m0/s1. The SMILES string of the molecule is COCCn1c(SCC(=O)N[C@@H](C)c2ccc(C)c(C)c2)nc2ccccc2c1=O. The van der Waals surface area contributed by atoms with E-state index >= 15 is 0 Å². The number of carbonyl (C=O) groups is 1. The maximum absolute atomic E-state index is 12.9. The Morgan fingerprint density at radius 2 is 1.97 bits per heavy atom. The predicted octanol–water partition coefficient (Wildman–Crippen LogP) is 3.63. The second kappa shape index (κ2) is 9.91. The van der Waals surface area contributed by atoms with E-state index in [-0.39, 0.29) is 23.3 Å². The quantitative estimate of drug-likeness (QED) is 0.441. The molecular formula is C23H27N3O3S. The van der Waals surface area contributed by atoms with E-state index in [1.165, 1.54) is 22.9 Å². The lowest BCUT2D eigenvalue weighted by Gasteiger charge is -2.16. The highest BCUT2D eigenvalue weighted by atomic mass is 32.2. The Morgan fingerprint density at radius 3 is 2.70 bits per heavy atom. The third-order valence-corrected chi connectivity index (χ3v) is 6.06. The molecule has 3 aromatic rings. The second-order valence-electron chi connectivity index (χ2n) is 7.28. The molecule has 7 heteroatoms. The summed E-state index contributed by atoms with van der Waals surface area (Å²) in [6.07, 6.45) is 0. The molecule has 0 saturated heterocycles. The van der Waals surface area contributed by atoms with Gasteiger partial charge in [-0.15, -0.1) is 0 Å². The minimum Gasteiger partial charge on any atom is -0.383 e. The van der Waals surface area contributed by atoms with E-state index < -0.39 is 0 Å². The lowest BCUT2D eigenvalue weighted by molar-refractivity contribution is -0.119. The summed E-state index contributed by atoms with van der Waals surface area (Å²) in [6, 6.07) is 13.3. The smallest absolute Gasteiger partial charge is 0.262 e. The van der Waals surface area contributed by atoms with Gasteiger partial charge in [-0.3, -0.25) is 14.2 Å². The molecule has 0 aliphatic rings. The summed E-state index contributed by atoms with van der Waals surface area (Å²) in [5, 5.41) is 4.11. The number of nitrogens with one attached hydrogen (secondary N) is 1. The molecule has 30 heavy (non-hydrogen) atoms. The fraction of sp³-hybridized carbons (Fsp3) is 0.348. The molecule has 0 aliphatic heterocycles. The van der Waals surface area contributed by atoms with Crippen molar-refractivity contribution in [1.82, 2.24) is 14.9 Å². The molecule has 1 amide bonds. The summed E-state index contributed by atoms with van der Waals surface area (Å²) >= 11 is 1.26. The van der Waals surface area contributed by atoms with Gasteiger partial charge in [-0.05, 0) is 49.6 Å². The second-order valence-corrected chi connectivity index (χ2v) is 8.23. The van der Waals surface area contributed by atoms with E-state index in [4.69, 9.17) is 4.74 Å². The number of aromatic nitrogens is 2. The number of rotatable bonds is 8. The molecular weight excluding hydrogens is 398 g/mol. The molecule has 0 radical (unpaired) electrons. The first-order valence-electron chi connectivity index (χ1n) is 9.88. The number of para-hydroxylation sites is 1. The zero-order valence-electron chi connectivity index (χ0n) is 17.8. The van der Waals surface area contributed by atoms with E-state index in [0.717, 1.165) is 5.56 Å². The minimum atomic E-state index is -0.121. The first-order chi connectivity index (χ1) is 14.4. The predicted molar refractivity (Wildman–Crippen MR) is 121 cm³/mol.